The Morgan fingerprint density at radius 3 is 2.19 bits per heavy atom. The van der Waals surface area contributed by atoms with Gasteiger partial charge >= 0.3 is 6.18 Å². The third-order valence-electron chi connectivity index (χ3n) is 3.91. The predicted octanol–water partition coefficient (Wildman–Crippen LogP) is 3.59. The maximum atomic E-state index is 12.6. The van der Waals surface area contributed by atoms with Crippen LogP contribution in [-0.2, 0) is 19.3 Å². The fourth-order valence-electron chi connectivity index (χ4n) is 2.39. The molecule has 0 aliphatic heterocycles. The van der Waals surface area contributed by atoms with Gasteiger partial charge in [0.15, 0.2) is 5.96 Å². The predicted molar refractivity (Wildman–Crippen MR) is 98.0 cm³/mol. The van der Waals surface area contributed by atoms with Crippen molar-refractivity contribution < 1.29 is 22.6 Å². The van der Waals surface area contributed by atoms with E-state index in [0.717, 1.165) is 17.7 Å². The first-order chi connectivity index (χ1) is 12.9. The summed E-state index contributed by atoms with van der Waals surface area (Å²) in [6.45, 7) is 0.803. The summed E-state index contributed by atoms with van der Waals surface area (Å²) in [5.41, 5.74) is 0.962. The van der Waals surface area contributed by atoms with Crippen LogP contribution in [0.1, 0.15) is 16.7 Å². The molecule has 2 aromatic carbocycles. The van der Waals surface area contributed by atoms with E-state index in [1.807, 2.05) is 12.1 Å². The van der Waals surface area contributed by atoms with Crippen molar-refractivity contribution in [3.05, 3.63) is 59.2 Å². The van der Waals surface area contributed by atoms with Crippen LogP contribution < -0.4 is 20.1 Å². The number of hydrogen-bond acceptors (Lipinski definition) is 3. The topological polar surface area (TPSA) is 54.9 Å². The molecule has 0 radical (unpaired) electrons. The average molecular weight is 381 g/mol. The average Bonchev–Trinajstić information content (AvgIpc) is 2.67. The molecule has 0 heterocycles. The zero-order chi connectivity index (χ0) is 19.9. The zero-order valence-corrected chi connectivity index (χ0v) is 15.4. The van der Waals surface area contributed by atoms with Gasteiger partial charge in [0.25, 0.3) is 0 Å². The summed E-state index contributed by atoms with van der Waals surface area (Å²) in [5, 5.41) is 6.21. The van der Waals surface area contributed by atoms with E-state index in [0.29, 0.717) is 36.1 Å². The van der Waals surface area contributed by atoms with E-state index >= 15 is 0 Å². The van der Waals surface area contributed by atoms with Gasteiger partial charge in [-0.25, -0.2) is 0 Å². The quantitative estimate of drug-likeness (QED) is 0.593. The fraction of sp³-hybridized carbons (Fsp3) is 0.316. The van der Waals surface area contributed by atoms with Crippen molar-refractivity contribution in [1.29, 1.82) is 0 Å². The zero-order valence-electron chi connectivity index (χ0n) is 15.4. The number of alkyl halides is 3. The third-order valence-corrected chi connectivity index (χ3v) is 3.91. The minimum atomic E-state index is -4.33. The summed E-state index contributed by atoms with van der Waals surface area (Å²) in [5.74, 6) is 1.90. The summed E-state index contributed by atoms with van der Waals surface area (Å²) in [6, 6.07) is 10.5. The van der Waals surface area contributed by atoms with Gasteiger partial charge in [0.1, 0.15) is 11.5 Å². The van der Waals surface area contributed by atoms with Gasteiger partial charge in [0.05, 0.1) is 19.8 Å². The van der Waals surface area contributed by atoms with Crippen LogP contribution in [0, 0.1) is 0 Å². The number of guanidine groups is 1. The number of hydrogen-bond donors (Lipinski definition) is 2. The van der Waals surface area contributed by atoms with E-state index in [1.54, 1.807) is 27.3 Å². The standard InChI is InChI=1S/C19H22F3N3O2/c1-23-18(24-11-13-4-7-15(8-5-13)19(20,21)22)25-12-14-6-9-16(26-2)10-17(14)27-3/h4-10H,11-12H2,1-3H3,(H2,23,24,25). The first-order valence-electron chi connectivity index (χ1n) is 8.19. The highest BCUT2D eigenvalue weighted by Gasteiger charge is 2.29. The van der Waals surface area contributed by atoms with Crippen LogP contribution in [0.15, 0.2) is 47.5 Å². The lowest BCUT2D eigenvalue weighted by Crippen LogP contribution is -2.36. The van der Waals surface area contributed by atoms with Crippen LogP contribution in [-0.4, -0.2) is 27.2 Å². The second-order valence-electron chi connectivity index (χ2n) is 5.65. The fourth-order valence-corrected chi connectivity index (χ4v) is 2.39. The van der Waals surface area contributed by atoms with Gasteiger partial charge in [-0.15, -0.1) is 0 Å². The number of methoxy groups -OCH3 is 2. The monoisotopic (exact) mass is 381 g/mol. The largest absolute Gasteiger partial charge is 0.497 e. The summed E-state index contributed by atoms with van der Waals surface area (Å²) >= 11 is 0. The highest BCUT2D eigenvalue weighted by Crippen LogP contribution is 2.29. The highest BCUT2D eigenvalue weighted by atomic mass is 19.4. The second-order valence-corrected chi connectivity index (χ2v) is 5.65. The van der Waals surface area contributed by atoms with Crippen molar-refractivity contribution in [2.24, 2.45) is 4.99 Å². The molecule has 0 aliphatic carbocycles. The molecule has 0 aliphatic rings. The normalized spacial score (nSPS) is 11.9. The van der Waals surface area contributed by atoms with Crippen LogP contribution in [0.5, 0.6) is 11.5 Å². The Hall–Kier alpha value is -2.90. The van der Waals surface area contributed by atoms with Gasteiger partial charge in [-0.3, -0.25) is 4.99 Å². The molecule has 2 aromatic rings. The van der Waals surface area contributed by atoms with Crippen molar-refractivity contribution in [2.45, 2.75) is 19.3 Å². The van der Waals surface area contributed by atoms with Gasteiger partial charge in [-0.1, -0.05) is 12.1 Å². The molecule has 0 saturated carbocycles. The maximum Gasteiger partial charge on any atom is 0.416 e. The Balaban J connectivity index is 1.93. The molecule has 8 heteroatoms. The number of rotatable bonds is 6. The minimum Gasteiger partial charge on any atom is -0.497 e. The van der Waals surface area contributed by atoms with Crippen molar-refractivity contribution in [3.8, 4) is 11.5 Å². The molecular formula is C19H22F3N3O2. The second kappa shape index (κ2) is 9.16. The van der Waals surface area contributed by atoms with Gasteiger partial charge in [0.2, 0.25) is 0 Å². The van der Waals surface area contributed by atoms with E-state index in [4.69, 9.17) is 9.47 Å². The lowest BCUT2D eigenvalue weighted by atomic mass is 10.1. The van der Waals surface area contributed by atoms with Gasteiger partial charge in [-0.2, -0.15) is 13.2 Å². The molecule has 0 saturated heterocycles. The van der Waals surface area contributed by atoms with Crippen LogP contribution in [0.3, 0.4) is 0 Å². The number of halogens is 3. The minimum absolute atomic E-state index is 0.345. The van der Waals surface area contributed by atoms with Gasteiger partial charge in [0, 0.05) is 31.8 Å². The Morgan fingerprint density at radius 2 is 1.63 bits per heavy atom. The van der Waals surface area contributed by atoms with E-state index in [2.05, 4.69) is 15.6 Å². The molecular weight excluding hydrogens is 359 g/mol. The number of aliphatic imine (C=N–C) groups is 1. The molecule has 0 aromatic heterocycles. The smallest absolute Gasteiger partial charge is 0.416 e. The third kappa shape index (κ3) is 5.80. The Kier molecular flexibility index (Phi) is 6.92. The van der Waals surface area contributed by atoms with Gasteiger partial charge < -0.3 is 20.1 Å². The molecule has 27 heavy (non-hydrogen) atoms. The molecule has 0 spiro atoms. The summed E-state index contributed by atoms with van der Waals surface area (Å²) in [7, 11) is 4.78. The van der Waals surface area contributed by atoms with Crippen LogP contribution in [0.25, 0.3) is 0 Å². The number of ether oxygens (including phenoxy) is 2. The van der Waals surface area contributed by atoms with E-state index in [-0.39, 0.29) is 0 Å². The molecule has 0 atom stereocenters. The summed E-state index contributed by atoms with van der Waals surface area (Å²) in [4.78, 5) is 4.11. The molecule has 0 fully saturated rings. The summed E-state index contributed by atoms with van der Waals surface area (Å²) in [6.07, 6.45) is -4.33. The molecule has 2 N–H and O–H groups in total. The van der Waals surface area contributed by atoms with Crippen molar-refractivity contribution >= 4 is 5.96 Å². The molecule has 2 rings (SSSR count). The Labute approximate surface area is 156 Å². The molecule has 146 valence electrons. The van der Waals surface area contributed by atoms with E-state index in [9.17, 15) is 13.2 Å². The lowest BCUT2D eigenvalue weighted by Gasteiger charge is -2.15. The summed E-state index contributed by atoms with van der Waals surface area (Å²) < 4.78 is 48.3. The van der Waals surface area contributed by atoms with Crippen molar-refractivity contribution in [3.63, 3.8) is 0 Å². The van der Waals surface area contributed by atoms with Crippen molar-refractivity contribution in [2.75, 3.05) is 21.3 Å². The molecule has 5 nitrogen and oxygen atoms in total. The van der Waals surface area contributed by atoms with Gasteiger partial charge in [-0.05, 0) is 29.8 Å². The lowest BCUT2D eigenvalue weighted by molar-refractivity contribution is -0.137. The Morgan fingerprint density at radius 1 is 0.963 bits per heavy atom. The highest BCUT2D eigenvalue weighted by molar-refractivity contribution is 5.79. The van der Waals surface area contributed by atoms with Crippen LogP contribution in [0.4, 0.5) is 13.2 Å². The number of benzene rings is 2. The first-order valence-corrected chi connectivity index (χ1v) is 8.19. The number of nitrogens with zero attached hydrogens (tertiary/aromatic N) is 1. The number of nitrogens with one attached hydrogen (secondary N) is 2. The maximum absolute atomic E-state index is 12.6. The van der Waals surface area contributed by atoms with Crippen LogP contribution >= 0.6 is 0 Å². The van der Waals surface area contributed by atoms with E-state index in [1.165, 1.54) is 12.1 Å². The SMILES string of the molecule is CN=C(NCc1ccc(C(F)(F)F)cc1)NCc1ccc(OC)cc1OC. The molecule has 0 bridgehead atoms. The Bertz CT molecular complexity index is 775. The first kappa shape index (κ1) is 20.4. The van der Waals surface area contributed by atoms with E-state index < -0.39 is 11.7 Å². The molecule has 0 unspecified atom stereocenters. The van der Waals surface area contributed by atoms with Crippen LogP contribution in [0.2, 0.25) is 0 Å². The van der Waals surface area contributed by atoms with Crippen molar-refractivity contribution in [1.82, 2.24) is 10.6 Å². The molecule has 0 amide bonds.